The molecule has 0 aromatic carbocycles. The number of carbonyl (C=O) groups is 2. The predicted molar refractivity (Wildman–Crippen MR) is 58.8 cm³/mol. The van der Waals surface area contributed by atoms with Gasteiger partial charge in [-0.3, -0.25) is 4.79 Å². The first-order valence-corrected chi connectivity index (χ1v) is 5.16. The lowest BCUT2D eigenvalue weighted by atomic mass is 9.86. The van der Waals surface area contributed by atoms with Gasteiger partial charge in [0.25, 0.3) is 0 Å². The van der Waals surface area contributed by atoms with Crippen molar-refractivity contribution in [1.29, 1.82) is 0 Å². The first-order valence-electron chi connectivity index (χ1n) is 5.16. The van der Waals surface area contributed by atoms with Crippen molar-refractivity contribution in [3.63, 3.8) is 0 Å². The van der Waals surface area contributed by atoms with Gasteiger partial charge in [-0.15, -0.1) is 0 Å². The fraction of sp³-hybridized carbons (Fsp3) is 0.500. The summed E-state index contributed by atoms with van der Waals surface area (Å²) in [7, 11) is 0. The second-order valence-corrected chi connectivity index (χ2v) is 4.48. The molecule has 0 atom stereocenters. The molecule has 1 heterocycles. The van der Waals surface area contributed by atoms with Crippen LogP contribution in [-0.2, 0) is 10.2 Å². The normalized spacial score (nSPS) is 11.2. The summed E-state index contributed by atoms with van der Waals surface area (Å²) in [6.07, 6.45) is 1.97. The number of esters is 1. The molecule has 0 bridgehead atoms. The van der Waals surface area contributed by atoms with Crippen LogP contribution in [0.25, 0.3) is 0 Å². The Labute approximate surface area is 94.6 Å². The van der Waals surface area contributed by atoms with E-state index in [9.17, 15) is 9.59 Å². The van der Waals surface area contributed by atoms with Crippen LogP contribution in [0, 0.1) is 0 Å². The van der Waals surface area contributed by atoms with Gasteiger partial charge in [-0.1, -0.05) is 20.8 Å². The lowest BCUT2D eigenvalue weighted by Crippen LogP contribution is -2.17. The Kier molecular flexibility index (Phi) is 3.52. The zero-order valence-corrected chi connectivity index (χ0v) is 9.99. The molecule has 0 aliphatic rings. The van der Waals surface area contributed by atoms with Gasteiger partial charge in [0.15, 0.2) is 12.0 Å². The highest BCUT2D eigenvalue weighted by Crippen LogP contribution is 2.29. The van der Waals surface area contributed by atoms with Crippen LogP contribution in [0.1, 0.15) is 54.2 Å². The molecule has 4 nitrogen and oxygen atoms in total. The number of hydrogen-bond acceptors (Lipinski definition) is 4. The van der Waals surface area contributed by atoms with E-state index in [1.807, 2.05) is 20.8 Å². The van der Waals surface area contributed by atoms with Crippen molar-refractivity contribution in [2.45, 2.75) is 33.1 Å². The fourth-order valence-electron chi connectivity index (χ4n) is 1.43. The standard InChI is InChI=1S/C12H16O4/c1-5-15-11(14)10-8(12(2,3)4)7-16-9(10)6-13/h6-7H,5H2,1-4H3. The van der Waals surface area contributed by atoms with Crippen LogP contribution in [0.3, 0.4) is 0 Å². The van der Waals surface area contributed by atoms with E-state index in [0.717, 1.165) is 0 Å². The molecule has 0 saturated carbocycles. The van der Waals surface area contributed by atoms with Gasteiger partial charge in [0, 0.05) is 5.56 Å². The van der Waals surface area contributed by atoms with E-state index < -0.39 is 5.97 Å². The fourth-order valence-corrected chi connectivity index (χ4v) is 1.43. The molecule has 0 spiro atoms. The average Bonchev–Trinajstić information content (AvgIpc) is 2.60. The molecular formula is C12H16O4. The largest absolute Gasteiger partial charge is 0.462 e. The van der Waals surface area contributed by atoms with E-state index in [4.69, 9.17) is 9.15 Å². The highest BCUT2D eigenvalue weighted by Gasteiger charge is 2.28. The third kappa shape index (κ3) is 2.32. The quantitative estimate of drug-likeness (QED) is 0.585. The summed E-state index contributed by atoms with van der Waals surface area (Å²) in [5.74, 6) is -0.480. The van der Waals surface area contributed by atoms with Crippen molar-refractivity contribution < 1.29 is 18.7 Å². The second kappa shape index (κ2) is 4.51. The van der Waals surface area contributed by atoms with Crippen molar-refractivity contribution >= 4 is 12.3 Å². The molecule has 4 heteroatoms. The molecule has 0 aliphatic carbocycles. The molecule has 0 unspecified atom stereocenters. The third-order valence-corrected chi connectivity index (χ3v) is 2.21. The molecule has 0 amide bonds. The zero-order chi connectivity index (χ0) is 12.3. The van der Waals surface area contributed by atoms with Crippen LogP contribution in [0.15, 0.2) is 10.7 Å². The molecule has 1 aromatic heterocycles. The van der Waals surface area contributed by atoms with Gasteiger partial charge in [-0.2, -0.15) is 0 Å². The van der Waals surface area contributed by atoms with Crippen molar-refractivity contribution in [3.8, 4) is 0 Å². The van der Waals surface area contributed by atoms with Gasteiger partial charge in [-0.25, -0.2) is 4.79 Å². The number of hydrogen-bond donors (Lipinski definition) is 0. The highest BCUT2D eigenvalue weighted by atomic mass is 16.5. The average molecular weight is 224 g/mol. The summed E-state index contributed by atoms with van der Waals surface area (Å²) >= 11 is 0. The van der Waals surface area contributed by atoms with Crippen molar-refractivity contribution in [3.05, 3.63) is 23.2 Å². The molecule has 0 saturated heterocycles. The lowest BCUT2D eigenvalue weighted by Gasteiger charge is -2.17. The minimum Gasteiger partial charge on any atom is -0.462 e. The van der Waals surface area contributed by atoms with Crippen molar-refractivity contribution in [2.24, 2.45) is 0 Å². The minimum atomic E-state index is -0.511. The van der Waals surface area contributed by atoms with Gasteiger partial charge in [-0.05, 0) is 12.3 Å². The third-order valence-electron chi connectivity index (χ3n) is 2.21. The summed E-state index contributed by atoms with van der Waals surface area (Å²) in [5, 5.41) is 0. The number of ether oxygens (including phenoxy) is 1. The van der Waals surface area contributed by atoms with Crippen LogP contribution in [0.2, 0.25) is 0 Å². The van der Waals surface area contributed by atoms with E-state index in [2.05, 4.69) is 0 Å². The van der Waals surface area contributed by atoms with E-state index >= 15 is 0 Å². The summed E-state index contributed by atoms with van der Waals surface area (Å²) in [6.45, 7) is 7.81. The Hall–Kier alpha value is -1.58. The summed E-state index contributed by atoms with van der Waals surface area (Å²) in [5.41, 5.74) is 0.657. The first kappa shape index (κ1) is 12.5. The van der Waals surface area contributed by atoms with Gasteiger partial charge < -0.3 is 9.15 Å². The Morgan fingerprint density at radius 3 is 2.56 bits per heavy atom. The molecule has 1 rings (SSSR count). The second-order valence-electron chi connectivity index (χ2n) is 4.48. The predicted octanol–water partition coefficient (Wildman–Crippen LogP) is 2.57. The van der Waals surface area contributed by atoms with Gasteiger partial charge in [0.1, 0.15) is 5.56 Å². The Bertz CT molecular complexity index is 396. The Morgan fingerprint density at radius 1 is 1.50 bits per heavy atom. The Morgan fingerprint density at radius 2 is 2.12 bits per heavy atom. The van der Waals surface area contributed by atoms with Gasteiger partial charge in [0.05, 0.1) is 12.9 Å². The molecule has 0 radical (unpaired) electrons. The van der Waals surface area contributed by atoms with Gasteiger partial charge >= 0.3 is 5.97 Å². The van der Waals surface area contributed by atoms with Crippen LogP contribution in [0.4, 0.5) is 0 Å². The van der Waals surface area contributed by atoms with Crippen LogP contribution < -0.4 is 0 Å². The van der Waals surface area contributed by atoms with Crippen LogP contribution in [0.5, 0.6) is 0 Å². The smallest absolute Gasteiger partial charge is 0.342 e. The summed E-state index contributed by atoms with van der Waals surface area (Å²) in [6, 6.07) is 0. The van der Waals surface area contributed by atoms with E-state index in [1.165, 1.54) is 6.26 Å². The molecule has 88 valence electrons. The molecular weight excluding hydrogens is 208 g/mol. The summed E-state index contributed by atoms with van der Waals surface area (Å²) < 4.78 is 9.98. The summed E-state index contributed by atoms with van der Waals surface area (Å²) in [4.78, 5) is 22.5. The molecule has 16 heavy (non-hydrogen) atoms. The molecule has 0 N–H and O–H groups in total. The van der Waals surface area contributed by atoms with Crippen molar-refractivity contribution in [2.75, 3.05) is 6.61 Å². The maximum Gasteiger partial charge on any atom is 0.342 e. The topological polar surface area (TPSA) is 56.5 Å². The maximum absolute atomic E-state index is 11.7. The molecule has 1 aromatic rings. The van der Waals surface area contributed by atoms with E-state index in [1.54, 1.807) is 6.92 Å². The van der Waals surface area contributed by atoms with E-state index in [0.29, 0.717) is 11.8 Å². The highest BCUT2D eigenvalue weighted by molar-refractivity contribution is 5.98. The van der Waals surface area contributed by atoms with E-state index in [-0.39, 0.29) is 23.3 Å². The molecule has 0 aliphatic heterocycles. The monoisotopic (exact) mass is 224 g/mol. The molecule has 0 fully saturated rings. The number of furan rings is 1. The van der Waals surface area contributed by atoms with Crippen molar-refractivity contribution in [1.82, 2.24) is 0 Å². The lowest BCUT2D eigenvalue weighted by molar-refractivity contribution is 0.0520. The SMILES string of the molecule is CCOC(=O)c1c(C(C)(C)C)coc1C=O. The van der Waals surface area contributed by atoms with Gasteiger partial charge in [0.2, 0.25) is 0 Å². The number of aldehydes is 1. The Balaban J connectivity index is 3.26. The minimum absolute atomic E-state index is 0.0309. The zero-order valence-electron chi connectivity index (χ0n) is 9.99. The number of carbonyl (C=O) groups excluding carboxylic acids is 2. The maximum atomic E-state index is 11.7. The van der Waals surface area contributed by atoms with Crippen LogP contribution in [-0.4, -0.2) is 18.9 Å². The first-order chi connectivity index (χ1) is 7.41. The number of rotatable bonds is 3. The van der Waals surface area contributed by atoms with Crippen LogP contribution >= 0.6 is 0 Å².